The summed E-state index contributed by atoms with van der Waals surface area (Å²) in [6.45, 7) is 3.08. The number of carboxylic acid groups (broad SMARTS) is 1. The molecule has 1 aliphatic carbocycles. The van der Waals surface area contributed by atoms with Crippen molar-refractivity contribution in [3.05, 3.63) is 98.5 Å². The van der Waals surface area contributed by atoms with E-state index < -0.39 is 17.4 Å². The van der Waals surface area contributed by atoms with Crippen molar-refractivity contribution in [1.29, 1.82) is 0 Å². The first-order chi connectivity index (χ1) is 20.7. The normalized spacial score (nSPS) is 14.4. The number of nitrogens with zero attached hydrogens (tertiary/aromatic N) is 1. The number of carbonyl (C=O) groups is 2. The second-order valence-corrected chi connectivity index (χ2v) is 10.9. The van der Waals surface area contributed by atoms with Crippen LogP contribution in [-0.2, 0) is 16.1 Å². The number of amides is 1. The number of halogens is 4. The fourth-order valence-corrected chi connectivity index (χ4v) is 5.19. The Hall–Kier alpha value is -3.66. The van der Waals surface area contributed by atoms with E-state index in [4.69, 9.17) is 42.6 Å². The predicted octanol–water partition coefficient (Wildman–Crippen LogP) is 6.68. The summed E-state index contributed by atoms with van der Waals surface area (Å²) in [7, 11) is 0. The van der Waals surface area contributed by atoms with Crippen LogP contribution in [0.15, 0.2) is 60.2 Å². The Bertz CT molecular complexity index is 1480. The summed E-state index contributed by atoms with van der Waals surface area (Å²) < 4.78 is 39.0. The van der Waals surface area contributed by atoms with Crippen LogP contribution in [0.2, 0.25) is 10.0 Å². The molecule has 7 nitrogen and oxygen atoms in total. The third-order valence-electron chi connectivity index (χ3n) is 7.14. The van der Waals surface area contributed by atoms with Crippen LogP contribution in [0.4, 0.5) is 8.78 Å². The van der Waals surface area contributed by atoms with E-state index in [-0.39, 0.29) is 31.6 Å². The van der Waals surface area contributed by atoms with Crippen molar-refractivity contribution in [1.82, 2.24) is 10.2 Å². The summed E-state index contributed by atoms with van der Waals surface area (Å²) in [6, 6.07) is 15.7. The maximum absolute atomic E-state index is 14.1. The number of aryl methyl sites for hydroxylation is 1. The summed E-state index contributed by atoms with van der Waals surface area (Å²) in [5.74, 6) is -1.25. The van der Waals surface area contributed by atoms with E-state index in [2.05, 4.69) is 5.32 Å². The molecular weight excluding hydrogens is 601 g/mol. The second kappa shape index (κ2) is 15.2. The minimum Gasteiger partial charge on any atom is -0.490 e. The molecule has 2 N–H and O–H groups in total. The molecule has 0 spiro atoms. The molecule has 1 heterocycles. The molecule has 0 saturated heterocycles. The molecule has 0 atom stereocenters. The average Bonchev–Trinajstić information content (AvgIpc) is 3.85. The maximum atomic E-state index is 14.1. The molecule has 0 aromatic heterocycles. The van der Waals surface area contributed by atoms with Crippen molar-refractivity contribution in [2.75, 3.05) is 26.3 Å². The van der Waals surface area contributed by atoms with Crippen molar-refractivity contribution in [2.24, 2.45) is 0 Å². The van der Waals surface area contributed by atoms with Crippen LogP contribution >= 0.6 is 23.2 Å². The highest BCUT2D eigenvalue weighted by atomic mass is 35.5. The van der Waals surface area contributed by atoms with E-state index in [0.717, 1.165) is 48.1 Å². The van der Waals surface area contributed by atoms with E-state index in [1.54, 1.807) is 13.0 Å². The van der Waals surface area contributed by atoms with Gasteiger partial charge in [-0.15, -0.1) is 0 Å². The maximum Gasteiger partial charge on any atom is 0.290 e. The summed E-state index contributed by atoms with van der Waals surface area (Å²) in [5.41, 5.74) is 3.85. The molecule has 1 amide bonds. The first kappa shape index (κ1) is 32.3. The Labute approximate surface area is 259 Å². The van der Waals surface area contributed by atoms with E-state index in [9.17, 15) is 13.6 Å². The highest BCUT2D eigenvalue weighted by Crippen LogP contribution is 2.35. The average molecular weight is 634 g/mol. The van der Waals surface area contributed by atoms with Crippen LogP contribution < -0.4 is 14.8 Å². The van der Waals surface area contributed by atoms with Crippen molar-refractivity contribution in [2.45, 2.75) is 38.8 Å². The number of rotatable bonds is 10. The standard InChI is InChI=1S/C31H30Cl2F2N2O3.CH2O2/c1-19-5-12-27(34)30(29(19)35)40-16-15-39-23-10-6-20(7-11-23)24-13-14-36-17-25(24)31(38)37(22-8-9-22)18-21-3-2-4-26(32)28(21)33;2-1-3/h2-7,10-12,22,36H,8-9,13-18H2,1H3;1H,(H,2,3). The van der Waals surface area contributed by atoms with Gasteiger partial charge in [0.1, 0.15) is 19.0 Å². The van der Waals surface area contributed by atoms with Crippen molar-refractivity contribution in [3.8, 4) is 11.5 Å². The monoisotopic (exact) mass is 632 g/mol. The number of benzene rings is 3. The highest BCUT2D eigenvalue weighted by Gasteiger charge is 2.35. The fraction of sp³-hybridized carbons (Fsp3) is 0.312. The summed E-state index contributed by atoms with van der Waals surface area (Å²) in [6.07, 6.45) is 2.66. The van der Waals surface area contributed by atoms with Crippen molar-refractivity contribution < 1.29 is 33.0 Å². The SMILES string of the molecule is Cc1ccc(F)c(OCCOc2ccc(C3=C(C(=O)N(Cc4cccc(Cl)c4Cl)C4CC4)CNCC3)cc2)c1F.O=CO. The van der Waals surface area contributed by atoms with Gasteiger partial charge in [0, 0.05) is 24.7 Å². The lowest BCUT2D eigenvalue weighted by Gasteiger charge is -2.28. The zero-order valence-electron chi connectivity index (χ0n) is 23.5. The van der Waals surface area contributed by atoms with Gasteiger partial charge in [0.25, 0.3) is 12.4 Å². The molecule has 11 heteroatoms. The molecule has 1 aliphatic heterocycles. The van der Waals surface area contributed by atoms with Gasteiger partial charge in [-0.1, -0.05) is 53.5 Å². The number of carbonyl (C=O) groups excluding carboxylic acids is 1. The van der Waals surface area contributed by atoms with Gasteiger partial charge < -0.3 is 24.8 Å². The Morgan fingerprint density at radius 3 is 2.47 bits per heavy atom. The third kappa shape index (κ3) is 8.25. The molecule has 3 aromatic rings. The Morgan fingerprint density at radius 1 is 1.07 bits per heavy atom. The predicted molar refractivity (Wildman–Crippen MR) is 162 cm³/mol. The zero-order valence-corrected chi connectivity index (χ0v) is 25.1. The molecule has 0 bridgehead atoms. The lowest BCUT2D eigenvalue weighted by molar-refractivity contribution is -0.128. The molecule has 0 unspecified atom stereocenters. The van der Waals surface area contributed by atoms with Gasteiger partial charge in [0.15, 0.2) is 17.4 Å². The first-order valence-corrected chi connectivity index (χ1v) is 14.6. The van der Waals surface area contributed by atoms with Crippen LogP contribution in [0, 0.1) is 18.6 Å². The third-order valence-corrected chi connectivity index (χ3v) is 8.00. The fourth-order valence-electron chi connectivity index (χ4n) is 4.81. The van der Waals surface area contributed by atoms with Gasteiger partial charge in [0.05, 0.1) is 10.0 Å². The van der Waals surface area contributed by atoms with Gasteiger partial charge in [0.2, 0.25) is 0 Å². The highest BCUT2D eigenvalue weighted by molar-refractivity contribution is 6.42. The lowest BCUT2D eigenvalue weighted by Crippen LogP contribution is -2.39. The van der Waals surface area contributed by atoms with Crippen molar-refractivity contribution >= 4 is 41.2 Å². The van der Waals surface area contributed by atoms with E-state index >= 15 is 0 Å². The van der Waals surface area contributed by atoms with Crippen LogP contribution in [0.1, 0.15) is 36.0 Å². The summed E-state index contributed by atoms with van der Waals surface area (Å²) in [5, 5.41) is 11.2. The lowest BCUT2D eigenvalue weighted by atomic mass is 9.93. The Kier molecular flexibility index (Phi) is 11.4. The van der Waals surface area contributed by atoms with Gasteiger partial charge >= 0.3 is 0 Å². The quantitative estimate of drug-likeness (QED) is 0.192. The molecule has 1 fully saturated rings. The zero-order chi connectivity index (χ0) is 30.9. The number of nitrogens with one attached hydrogen (secondary N) is 1. The molecule has 3 aromatic carbocycles. The molecule has 0 radical (unpaired) electrons. The largest absolute Gasteiger partial charge is 0.490 e. The van der Waals surface area contributed by atoms with Crippen LogP contribution in [0.25, 0.3) is 5.57 Å². The van der Waals surface area contributed by atoms with Gasteiger partial charge in [-0.2, -0.15) is 0 Å². The molecule has 1 saturated carbocycles. The second-order valence-electron chi connectivity index (χ2n) is 10.1. The number of hydrogen-bond donors (Lipinski definition) is 2. The summed E-state index contributed by atoms with van der Waals surface area (Å²) in [4.78, 5) is 24.1. The van der Waals surface area contributed by atoms with E-state index in [1.807, 2.05) is 41.3 Å². The van der Waals surface area contributed by atoms with Crippen molar-refractivity contribution in [3.63, 3.8) is 0 Å². The Morgan fingerprint density at radius 2 is 1.77 bits per heavy atom. The minimum absolute atomic E-state index is 0.00818. The molecule has 5 rings (SSSR count). The van der Waals surface area contributed by atoms with Gasteiger partial charge in [-0.25, -0.2) is 8.78 Å². The molecule has 43 heavy (non-hydrogen) atoms. The smallest absolute Gasteiger partial charge is 0.290 e. The van der Waals surface area contributed by atoms with Gasteiger partial charge in [-0.05, 0) is 79.3 Å². The number of hydrogen-bond acceptors (Lipinski definition) is 5. The molecular formula is C32H32Cl2F2N2O5. The Balaban J connectivity index is 0.00000135. The number of ether oxygens (including phenoxy) is 2. The van der Waals surface area contributed by atoms with Crippen LogP contribution in [0.5, 0.6) is 11.5 Å². The van der Waals surface area contributed by atoms with E-state index in [1.165, 1.54) is 12.1 Å². The molecule has 228 valence electrons. The first-order valence-electron chi connectivity index (χ1n) is 13.8. The topological polar surface area (TPSA) is 88.1 Å². The minimum atomic E-state index is -0.746. The van der Waals surface area contributed by atoms with Crippen LogP contribution in [0.3, 0.4) is 0 Å². The van der Waals surface area contributed by atoms with E-state index in [0.29, 0.717) is 34.4 Å². The molecule has 2 aliphatic rings. The van der Waals surface area contributed by atoms with Gasteiger partial charge in [-0.3, -0.25) is 9.59 Å². The summed E-state index contributed by atoms with van der Waals surface area (Å²) >= 11 is 12.7. The van der Waals surface area contributed by atoms with Crippen LogP contribution in [-0.4, -0.2) is 54.7 Å².